The lowest BCUT2D eigenvalue weighted by Gasteiger charge is -2.17. The van der Waals surface area contributed by atoms with Gasteiger partial charge in [0.15, 0.2) is 0 Å². The van der Waals surface area contributed by atoms with Crippen molar-refractivity contribution in [1.29, 1.82) is 0 Å². The molecule has 9 heteroatoms. The van der Waals surface area contributed by atoms with E-state index in [0.717, 1.165) is 11.4 Å². The average molecular weight is 373 g/mol. The van der Waals surface area contributed by atoms with E-state index in [2.05, 4.69) is 15.5 Å². The van der Waals surface area contributed by atoms with Gasteiger partial charge in [-0.05, 0) is 37.6 Å². The molecule has 1 aromatic heterocycles. The van der Waals surface area contributed by atoms with Crippen LogP contribution in [0, 0.1) is 0 Å². The molecule has 0 unspecified atom stereocenters. The van der Waals surface area contributed by atoms with Crippen LogP contribution in [0.2, 0.25) is 0 Å². The zero-order valence-corrected chi connectivity index (χ0v) is 15.4. The number of hydrogen-bond acceptors (Lipinski definition) is 7. The highest BCUT2D eigenvalue weighted by Gasteiger charge is 2.27. The van der Waals surface area contributed by atoms with Crippen LogP contribution >= 0.6 is 0 Å². The molecule has 1 aromatic carbocycles. The largest absolute Gasteiger partial charge is 0.494 e. The maximum absolute atomic E-state index is 12.7. The SMILES string of the molecule is CCOc1ccc(N2CCn3c2nnc(C(=O)N[C@H](CC)CO)c3=O)cc1. The topological polar surface area (TPSA) is 110 Å². The summed E-state index contributed by atoms with van der Waals surface area (Å²) in [7, 11) is 0. The van der Waals surface area contributed by atoms with Gasteiger partial charge in [0.05, 0.1) is 19.3 Å². The molecular formula is C18H23N5O4. The summed E-state index contributed by atoms with van der Waals surface area (Å²) >= 11 is 0. The van der Waals surface area contributed by atoms with Crippen molar-refractivity contribution < 1.29 is 14.6 Å². The van der Waals surface area contributed by atoms with Crippen LogP contribution in [0.5, 0.6) is 5.75 Å². The third-order valence-electron chi connectivity index (χ3n) is 4.44. The standard InChI is InChI=1S/C18H23N5O4/c1-3-12(11-24)19-16(25)15-17(26)23-10-9-22(18(23)21-20-15)13-5-7-14(8-6-13)27-4-2/h5-8,12,24H,3-4,9-11H2,1-2H3,(H,19,25)/t12-/m1/s1. The number of ether oxygens (including phenoxy) is 1. The predicted octanol–water partition coefficient (Wildman–Crippen LogP) is 0.689. The first-order valence-electron chi connectivity index (χ1n) is 8.98. The Morgan fingerprint density at radius 1 is 1.26 bits per heavy atom. The van der Waals surface area contributed by atoms with E-state index in [1.165, 1.54) is 4.57 Å². The number of anilines is 2. The molecule has 1 atom stereocenters. The molecular weight excluding hydrogens is 350 g/mol. The molecule has 0 aliphatic carbocycles. The maximum Gasteiger partial charge on any atom is 0.286 e. The number of amides is 1. The Bertz CT molecular complexity index is 861. The highest BCUT2D eigenvalue weighted by atomic mass is 16.5. The molecule has 0 radical (unpaired) electrons. The molecule has 0 bridgehead atoms. The number of nitrogens with zero attached hydrogens (tertiary/aromatic N) is 4. The van der Waals surface area contributed by atoms with Crippen molar-refractivity contribution in [1.82, 2.24) is 20.1 Å². The highest BCUT2D eigenvalue weighted by Crippen LogP contribution is 2.28. The van der Waals surface area contributed by atoms with E-state index in [1.54, 1.807) is 0 Å². The maximum atomic E-state index is 12.7. The first kappa shape index (κ1) is 18.8. The lowest BCUT2D eigenvalue weighted by Crippen LogP contribution is -2.41. The second-order valence-electron chi connectivity index (χ2n) is 6.15. The fraction of sp³-hybridized carbons (Fsp3) is 0.444. The van der Waals surface area contributed by atoms with Gasteiger partial charge in [-0.25, -0.2) is 0 Å². The van der Waals surface area contributed by atoms with Gasteiger partial charge >= 0.3 is 0 Å². The third kappa shape index (κ3) is 3.77. The summed E-state index contributed by atoms with van der Waals surface area (Å²) in [5.74, 6) is 0.545. The van der Waals surface area contributed by atoms with Gasteiger partial charge in [0.25, 0.3) is 11.5 Å². The van der Waals surface area contributed by atoms with Crippen LogP contribution in [-0.2, 0) is 6.54 Å². The van der Waals surface area contributed by atoms with Gasteiger partial charge in [-0.1, -0.05) is 6.92 Å². The lowest BCUT2D eigenvalue weighted by atomic mass is 10.2. The van der Waals surface area contributed by atoms with E-state index in [0.29, 0.717) is 32.1 Å². The molecule has 2 N–H and O–H groups in total. The van der Waals surface area contributed by atoms with Crippen LogP contribution in [0.25, 0.3) is 0 Å². The number of nitrogens with one attached hydrogen (secondary N) is 1. The summed E-state index contributed by atoms with van der Waals surface area (Å²) in [5, 5.41) is 19.8. The smallest absolute Gasteiger partial charge is 0.286 e. The first-order chi connectivity index (χ1) is 13.1. The summed E-state index contributed by atoms with van der Waals surface area (Å²) in [6, 6.07) is 7.07. The quantitative estimate of drug-likeness (QED) is 0.735. The van der Waals surface area contributed by atoms with Crippen molar-refractivity contribution in [2.24, 2.45) is 0 Å². The van der Waals surface area contributed by atoms with Crippen LogP contribution in [0.15, 0.2) is 29.1 Å². The van der Waals surface area contributed by atoms with Crippen LogP contribution in [0.4, 0.5) is 11.6 Å². The Balaban J connectivity index is 1.85. The Kier molecular flexibility index (Phi) is 5.70. The molecule has 2 heterocycles. The number of aliphatic hydroxyl groups excluding tert-OH is 1. The van der Waals surface area contributed by atoms with Gasteiger partial charge < -0.3 is 20.1 Å². The number of hydrogen-bond donors (Lipinski definition) is 2. The number of rotatable bonds is 7. The monoisotopic (exact) mass is 373 g/mol. The summed E-state index contributed by atoms with van der Waals surface area (Å²) in [4.78, 5) is 26.8. The summed E-state index contributed by atoms with van der Waals surface area (Å²) < 4.78 is 6.88. The van der Waals surface area contributed by atoms with Gasteiger partial charge in [0, 0.05) is 18.8 Å². The number of benzene rings is 1. The summed E-state index contributed by atoms with van der Waals surface area (Å²) in [5.41, 5.74) is 0.111. The van der Waals surface area contributed by atoms with Crippen LogP contribution < -0.4 is 20.5 Å². The number of carbonyl (C=O) groups excluding carboxylic acids is 1. The van der Waals surface area contributed by atoms with Crippen LogP contribution in [0.3, 0.4) is 0 Å². The number of aliphatic hydroxyl groups is 1. The molecule has 0 fully saturated rings. The zero-order chi connectivity index (χ0) is 19.4. The Labute approximate surface area is 156 Å². The Morgan fingerprint density at radius 3 is 2.63 bits per heavy atom. The Hall–Kier alpha value is -2.94. The second kappa shape index (κ2) is 8.17. The molecule has 1 aliphatic rings. The number of carbonyl (C=O) groups is 1. The number of aromatic nitrogens is 3. The predicted molar refractivity (Wildman–Crippen MR) is 99.5 cm³/mol. The van der Waals surface area contributed by atoms with Gasteiger partial charge in [0.2, 0.25) is 11.6 Å². The fourth-order valence-electron chi connectivity index (χ4n) is 2.92. The van der Waals surface area contributed by atoms with Crippen LogP contribution in [0.1, 0.15) is 30.8 Å². The normalized spacial score (nSPS) is 14.0. The lowest BCUT2D eigenvalue weighted by molar-refractivity contribution is 0.0906. The van der Waals surface area contributed by atoms with Gasteiger partial charge in [-0.15, -0.1) is 10.2 Å². The minimum Gasteiger partial charge on any atom is -0.494 e. The minimum absolute atomic E-state index is 0.201. The van der Waals surface area contributed by atoms with Crippen molar-refractivity contribution >= 4 is 17.5 Å². The molecule has 144 valence electrons. The molecule has 1 amide bonds. The molecule has 0 spiro atoms. The van der Waals surface area contributed by atoms with Crippen molar-refractivity contribution in [3.63, 3.8) is 0 Å². The molecule has 0 saturated carbocycles. The zero-order valence-electron chi connectivity index (χ0n) is 15.4. The van der Waals surface area contributed by atoms with Crippen molar-refractivity contribution in [3.8, 4) is 5.75 Å². The minimum atomic E-state index is -0.622. The van der Waals surface area contributed by atoms with Crippen molar-refractivity contribution in [3.05, 3.63) is 40.3 Å². The molecule has 2 aromatic rings. The fourth-order valence-corrected chi connectivity index (χ4v) is 2.92. The molecule has 3 rings (SSSR count). The van der Waals surface area contributed by atoms with E-state index in [1.807, 2.05) is 43.0 Å². The number of fused-ring (bicyclic) bond motifs is 1. The first-order valence-corrected chi connectivity index (χ1v) is 8.98. The third-order valence-corrected chi connectivity index (χ3v) is 4.44. The molecule has 1 aliphatic heterocycles. The Morgan fingerprint density at radius 2 is 2.00 bits per heavy atom. The van der Waals surface area contributed by atoms with E-state index in [9.17, 15) is 14.7 Å². The van der Waals surface area contributed by atoms with Crippen molar-refractivity contribution in [2.45, 2.75) is 32.9 Å². The van der Waals surface area contributed by atoms with E-state index >= 15 is 0 Å². The van der Waals surface area contributed by atoms with Gasteiger partial charge in [-0.2, -0.15) is 0 Å². The molecule has 9 nitrogen and oxygen atoms in total. The van der Waals surface area contributed by atoms with E-state index < -0.39 is 17.5 Å². The average Bonchev–Trinajstić information content (AvgIpc) is 3.12. The highest BCUT2D eigenvalue weighted by molar-refractivity contribution is 5.92. The molecule has 0 saturated heterocycles. The van der Waals surface area contributed by atoms with E-state index in [4.69, 9.17) is 4.74 Å². The van der Waals surface area contributed by atoms with Crippen LogP contribution in [-0.4, -0.2) is 51.6 Å². The van der Waals surface area contributed by atoms with Crippen molar-refractivity contribution in [2.75, 3.05) is 24.7 Å². The van der Waals surface area contributed by atoms with Gasteiger partial charge in [0.1, 0.15) is 5.75 Å². The second-order valence-corrected chi connectivity index (χ2v) is 6.15. The van der Waals surface area contributed by atoms with Gasteiger partial charge in [-0.3, -0.25) is 14.2 Å². The molecule has 27 heavy (non-hydrogen) atoms. The van der Waals surface area contributed by atoms with E-state index in [-0.39, 0.29) is 12.3 Å². The summed E-state index contributed by atoms with van der Waals surface area (Å²) in [6.45, 7) is 5.10. The summed E-state index contributed by atoms with van der Waals surface area (Å²) in [6.07, 6.45) is 0.549.